The Hall–Kier alpha value is -1.03. The lowest BCUT2D eigenvalue weighted by molar-refractivity contribution is 0.0793. The molecule has 3 nitrogen and oxygen atoms in total. The summed E-state index contributed by atoms with van der Waals surface area (Å²) >= 11 is 4.45. The molecule has 0 atom stereocenters. The number of hydrogen-bond acceptors (Lipinski definition) is 4. The van der Waals surface area contributed by atoms with E-state index in [2.05, 4.69) is 12.6 Å². The van der Waals surface area contributed by atoms with E-state index < -0.39 is 0 Å². The van der Waals surface area contributed by atoms with Gasteiger partial charge in [0.1, 0.15) is 0 Å². The molecule has 0 amide bonds. The number of hydrogen-bond donors (Lipinski definition) is 1. The first kappa shape index (κ1) is 14.4. The predicted molar refractivity (Wildman–Crippen MR) is 79.9 cm³/mol. The average molecular weight is 282 g/mol. The van der Waals surface area contributed by atoms with E-state index in [9.17, 15) is 0 Å². The second kappa shape index (κ2) is 5.95. The fraction of sp³-hybridized carbons (Fsp3) is 0.600. The molecule has 0 saturated heterocycles. The van der Waals surface area contributed by atoms with Crippen LogP contribution >= 0.6 is 12.6 Å². The van der Waals surface area contributed by atoms with Crippen LogP contribution in [0.2, 0.25) is 0 Å². The normalized spacial score (nSPS) is 16.6. The van der Waals surface area contributed by atoms with Gasteiger partial charge in [-0.15, -0.1) is 0 Å². The Labute approximate surface area is 120 Å². The quantitative estimate of drug-likeness (QED) is 0.809. The molecule has 0 heterocycles. The van der Waals surface area contributed by atoms with Crippen LogP contribution in [-0.4, -0.2) is 26.6 Å². The fourth-order valence-corrected chi connectivity index (χ4v) is 2.81. The van der Waals surface area contributed by atoms with E-state index in [1.165, 1.54) is 19.3 Å². The van der Waals surface area contributed by atoms with Gasteiger partial charge >= 0.3 is 0 Å². The predicted octanol–water partition coefficient (Wildman–Crippen LogP) is 3.49. The third-order valence-electron chi connectivity index (χ3n) is 3.88. The molecule has 1 aliphatic carbocycles. The Morgan fingerprint density at radius 2 is 1.74 bits per heavy atom. The topological polar surface area (TPSA) is 27.7 Å². The zero-order chi connectivity index (χ0) is 13.9. The summed E-state index contributed by atoms with van der Waals surface area (Å²) in [7, 11) is 3.30. The number of ether oxygens (including phenoxy) is 3. The van der Waals surface area contributed by atoms with Crippen LogP contribution in [0.15, 0.2) is 12.1 Å². The first-order valence-corrected chi connectivity index (χ1v) is 7.24. The van der Waals surface area contributed by atoms with Crippen LogP contribution in [0.1, 0.15) is 24.8 Å². The lowest BCUT2D eigenvalue weighted by atomic mass is 9.71. The summed E-state index contributed by atoms with van der Waals surface area (Å²) in [6.07, 6.45) is 3.64. The summed E-state index contributed by atoms with van der Waals surface area (Å²) in [5.74, 6) is 3.02. The van der Waals surface area contributed by atoms with Gasteiger partial charge < -0.3 is 14.2 Å². The van der Waals surface area contributed by atoms with Crippen molar-refractivity contribution in [2.24, 2.45) is 5.41 Å². The Balaban J connectivity index is 2.18. The van der Waals surface area contributed by atoms with Crippen LogP contribution in [0.25, 0.3) is 0 Å². The third kappa shape index (κ3) is 2.94. The molecule has 0 aliphatic heterocycles. The summed E-state index contributed by atoms with van der Waals surface area (Å²) in [4.78, 5) is 0. The van der Waals surface area contributed by atoms with E-state index in [0.29, 0.717) is 12.4 Å². The molecule has 0 unspecified atom stereocenters. The van der Waals surface area contributed by atoms with Gasteiger partial charge in [-0.1, -0.05) is 6.42 Å². The number of methoxy groups -OCH3 is 2. The molecule has 0 aromatic heterocycles. The van der Waals surface area contributed by atoms with E-state index in [1.807, 2.05) is 19.1 Å². The van der Waals surface area contributed by atoms with Gasteiger partial charge in [0, 0.05) is 5.41 Å². The monoisotopic (exact) mass is 282 g/mol. The van der Waals surface area contributed by atoms with Gasteiger partial charge in [-0.05, 0) is 43.2 Å². The standard InChI is InChI=1S/C15H22O3S/c1-11-7-12(16-2)14(13(8-11)17-3)18-9-15(10-19)5-4-6-15/h7-8,19H,4-6,9-10H2,1-3H3. The maximum atomic E-state index is 6.00. The summed E-state index contributed by atoms with van der Waals surface area (Å²) < 4.78 is 16.8. The van der Waals surface area contributed by atoms with Crippen LogP contribution < -0.4 is 14.2 Å². The smallest absolute Gasteiger partial charge is 0.203 e. The minimum atomic E-state index is 0.226. The molecule has 0 spiro atoms. The highest BCUT2D eigenvalue weighted by molar-refractivity contribution is 7.80. The summed E-state index contributed by atoms with van der Waals surface area (Å²) in [5.41, 5.74) is 1.32. The molecule has 1 aromatic rings. The highest BCUT2D eigenvalue weighted by Gasteiger charge is 2.37. The van der Waals surface area contributed by atoms with Crippen molar-refractivity contribution in [1.82, 2.24) is 0 Å². The van der Waals surface area contributed by atoms with E-state index in [4.69, 9.17) is 14.2 Å². The Morgan fingerprint density at radius 1 is 1.16 bits per heavy atom. The zero-order valence-corrected chi connectivity index (χ0v) is 12.8. The van der Waals surface area contributed by atoms with Gasteiger partial charge in [0.25, 0.3) is 0 Å². The Morgan fingerprint density at radius 3 is 2.11 bits per heavy atom. The van der Waals surface area contributed by atoms with E-state index >= 15 is 0 Å². The molecule has 1 aromatic carbocycles. The molecule has 2 rings (SSSR count). The van der Waals surface area contributed by atoms with Crippen molar-refractivity contribution in [2.45, 2.75) is 26.2 Å². The minimum absolute atomic E-state index is 0.226. The number of benzene rings is 1. The lowest BCUT2D eigenvalue weighted by Crippen LogP contribution is -2.37. The van der Waals surface area contributed by atoms with Crippen molar-refractivity contribution in [3.63, 3.8) is 0 Å². The molecule has 106 valence electrons. The Kier molecular flexibility index (Phi) is 4.50. The Bertz CT molecular complexity index is 411. The lowest BCUT2D eigenvalue weighted by Gasteiger charge is -2.40. The van der Waals surface area contributed by atoms with E-state index in [0.717, 1.165) is 22.8 Å². The SMILES string of the molecule is COc1cc(C)cc(OC)c1OCC1(CS)CCC1. The second-order valence-electron chi connectivity index (χ2n) is 5.30. The number of thiol groups is 1. The molecule has 1 aliphatic rings. The second-order valence-corrected chi connectivity index (χ2v) is 5.62. The maximum absolute atomic E-state index is 6.00. The highest BCUT2D eigenvalue weighted by Crippen LogP contribution is 2.44. The van der Waals surface area contributed by atoms with Crippen molar-refractivity contribution in [3.05, 3.63) is 17.7 Å². The van der Waals surface area contributed by atoms with E-state index in [1.54, 1.807) is 14.2 Å². The van der Waals surface area contributed by atoms with Gasteiger partial charge in [0.2, 0.25) is 5.75 Å². The first-order chi connectivity index (χ1) is 9.14. The minimum Gasteiger partial charge on any atom is -0.493 e. The molecular formula is C15H22O3S. The first-order valence-electron chi connectivity index (χ1n) is 6.60. The van der Waals surface area contributed by atoms with Crippen molar-refractivity contribution in [2.75, 3.05) is 26.6 Å². The number of rotatable bonds is 6. The van der Waals surface area contributed by atoms with Crippen molar-refractivity contribution < 1.29 is 14.2 Å². The van der Waals surface area contributed by atoms with Crippen LogP contribution in [-0.2, 0) is 0 Å². The summed E-state index contributed by atoms with van der Waals surface area (Å²) in [5, 5.41) is 0. The van der Waals surface area contributed by atoms with Gasteiger partial charge in [0.15, 0.2) is 11.5 Å². The highest BCUT2D eigenvalue weighted by atomic mass is 32.1. The van der Waals surface area contributed by atoms with Gasteiger partial charge in [0.05, 0.1) is 20.8 Å². The summed E-state index contributed by atoms with van der Waals surface area (Å²) in [6.45, 7) is 2.68. The van der Waals surface area contributed by atoms with Crippen molar-refractivity contribution >= 4 is 12.6 Å². The molecule has 0 bridgehead atoms. The number of aryl methyl sites for hydroxylation is 1. The van der Waals surface area contributed by atoms with Crippen LogP contribution in [0.4, 0.5) is 0 Å². The molecule has 4 heteroatoms. The van der Waals surface area contributed by atoms with Gasteiger partial charge in [-0.2, -0.15) is 12.6 Å². The van der Waals surface area contributed by atoms with Gasteiger partial charge in [-0.25, -0.2) is 0 Å². The molecule has 1 fully saturated rings. The molecular weight excluding hydrogens is 260 g/mol. The molecule has 1 saturated carbocycles. The van der Waals surface area contributed by atoms with E-state index in [-0.39, 0.29) is 5.41 Å². The molecule has 0 radical (unpaired) electrons. The molecule has 0 N–H and O–H groups in total. The van der Waals surface area contributed by atoms with Crippen LogP contribution in [0.3, 0.4) is 0 Å². The van der Waals surface area contributed by atoms with Crippen LogP contribution in [0, 0.1) is 12.3 Å². The largest absolute Gasteiger partial charge is 0.493 e. The maximum Gasteiger partial charge on any atom is 0.203 e. The van der Waals surface area contributed by atoms with Crippen molar-refractivity contribution in [1.29, 1.82) is 0 Å². The third-order valence-corrected chi connectivity index (χ3v) is 4.55. The van der Waals surface area contributed by atoms with Gasteiger partial charge in [-0.3, -0.25) is 0 Å². The zero-order valence-electron chi connectivity index (χ0n) is 11.9. The van der Waals surface area contributed by atoms with Crippen molar-refractivity contribution in [3.8, 4) is 17.2 Å². The fourth-order valence-electron chi connectivity index (χ4n) is 2.40. The average Bonchev–Trinajstić information content (AvgIpc) is 2.38. The molecule has 19 heavy (non-hydrogen) atoms. The van der Waals surface area contributed by atoms with Crippen LogP contribution in [0.5, 0.6) is 17.2 Å². The summed E-state index contributed by atoms with van der Waals surface area (Å²) in [6, 6.07) is 3.93.